The molecule has 11 heteroatoms. The first-order valence-electron chi connectivity index (χ1n) is 12.7. The van der Waals surface area contributed by atoms with Gasteiger partial charge in [-0.25, -0.2) is 18.1 Å². The van der Waals surface area contributed by atoms with Crippen molar-refractivity contribution in [2.75, 3.05) is 26.2 Å². The van der Waals surface area contributed by atoms with Crippen LogP contribution in [-0.2, 0) is 23.5 Å². The molecule has 0 spiro atoms. The van der Waals surface area contributed by atoms with Crippen molar-refractivity contribution in [3.05, 3.63) is 34.2 Å². The molecular weight excluding hydrogens is 480 g/mol. The molecule has 10 nitrogen and oxygen atoms in total. The first-order chi connectivity index (χ1) is 17.2. The number of likely N-dealkylation sites (tertiary alicyclic amines) is 1. The van der Waals surface area contributed by atoms with Crippen LogP contribution in [0.2, 0.25) is 0 Å². The van der Waals surface area contributed by atoms with Gasteiger partial charge in [0.05, 0.1) is 22.8 Å². The molecule has 1 unspecified atom stereocenters. The molecule has 1 saturated heterocycles. The molecule has 3 heterocycles. The van der Waals surface area contributed by atoms with E-state index in [0.717, 1.165) is 44.5 Å². The monoisotopic (exact) mass is 516 g/mol. The Kier molecular flexibility index (Phi) is 8.11. The number of nitrogens with one attached hydrogen (secondary N) is 2. The largest absolute Gasteiger partial charge is 0.493 e. The topological polar surface area (TPSA) is 122 Å². The standard InChI is InChI=1S/C25H36N6O4S/c1-5-9-20-22-23(30(4)28-20)25(32)27-24(26-22)19-15-18(10-11-21(19)35-14-6-2)36(33,34)29-17(3)16-31-12-7-8-13-31/h10-11,15,17,29H,5-9,12-14,16H2,1-4H3,(H,26,27,32). The summed E-state index contributed by atoms with van der Waals surface area (Å²) >= 11 is 0. The molecule has 36 heavy (non-hydrogen) atoms. The van der Waals surface area contributed by atoms with Gasteiger partial charge in [-0.3, -0.25) is 9.48 Å². The molecule has 3 aromatic rings. The van der Waals surface area contributed by atoms with E-state index in [1.54, 1.807) is 13.1 Å². The molecule has 1 aliphatic heterocycles. The normalized spacial score (nSPS) is 15.6. The van der Waals surface area contributed by atoms with Crippen LogP contribution in [0.3, 0.4) is 0 Å². The molecule has 0 saturated carbocycles. The summed E-state index contributed by atoms with van der Waals surface area (Å²) in [4.78, 5) is 22.9. The zero-order chi connectivity index (χ0) is 25.9. The van der Waals surface area contributed by atoms with E-state index >= 15 is 0 Å². The number of hydrogen-bond donors (Lipinski definition) is 2. The predicted octanol–water partition coefficient (Wildman–Crippen LogP) is 2.83. The highest BCUT2D eigenvalue weighted by atomic mass is 32.2. The summed E-state index contributed by atoms with van der Waals surface area (Å²) in [7, 11) is -2.08. The molecule has 0 bridgehead atoms. The third-order valence-electron chi connectivity index (χ3n) is 6.31. The number of ether oxygens (including phenoxy) is 1. The Balaban J connectivity index is 1.74. The van der Waals surface area contributed by atoms with Crippen LogP contribution in [0.5, 0.6) is 5.75 Å². The number of hydrogen-bond acceptors (Lipinski definition) is 7. The Labute approximate surface area is 212 Å². The number of sulfonamides is 1. The van der Waals surface area contributed by atoms with Crippen LogP contribution in [0.25, 0.3) is 22.4 Å². The molecule has 2 aromatic heterocycles. The number of nitrogens with zero attached hydrogens (tertiary/aromatic N) is 4. The van der Waals surface area contributed by atoms with Crippen molar-refractivity contribution in [1.82, 2.24) is 29.4 Å². The van der Waals surface area contributed by atoms with Gasteiger partial charge in [0.15, 0.2) is 5.52 Å². The Morgan fingerprint density at radius 1 is 1.19 bits per heavy atom. The summed E-state index contributed by atoms with van der Waals surface area (Å²) in [5.41, 5.74) is 1.73. The van der Waals surface area contributed by atoms with Gasteiger partial charge in [-0.05, 0) is 63.9 Å². The van der Waals surface area contributed by atoms with Crippen LogP contribution in [-0.4, -0.2) is 65.3 Å². The number of H-pyrrole nitrogens is 1. The first-order valence-corrected chi connectivity index (χ1v) is 14.2. The average molecular weight is 517 g/mol. The Bertz CT molecular complexity index is 1380. The maximum Gasteiger partial charge on any atom is 0.277 e. The van der Waals surface area contributed by atoms with Gasteiger partial charge in [-0.15, -0.1) is 0 Å². The lowest BCUT2D eigenvalue weighted by Gasteiger charge is -2.21. The lowest BCUT2D eigenvalue weighted by molar-refractivity contribution is 0.312. The van der Waals surface area contributed by atoms with Crippen molar-refractivity contribution in [3.63, 3.8) is 0 Å². The summed E-state index contributed by atoms with van der Waals surface area (Å²) in [6, 6.07) is 4.44. The second-order valence-electron chi connectivity index (χ2n) is 9.47. The number of aryl methyl sites for hydroxylation is 2. The Hall–Kier alpha value is -2.76. The number of aromatic nitrogens is 4. The van der Waals surface area contributed by atoms with E-state index in [9.17, 15) is 13.2 Å². The maximum atomic E-state index is 13.3. The van der Waals surface area contributed by atoms with Crippen LogP contribution < -0.4 is 15.0 Å². The zero-order valence-electron chi connectivity index (χ0n) is 21.5. The number of fused-ring (bicyclic) bond motifs is 1. The van der Waals surface area contributed by atoms with Crippen molar-refractivity contribution >= 4 is 21.1 Å². The second kappa shape index (κ2) is 11.1. The van der Waals surface area contributed by atoms with Crippen LogP contribution in [0, 0.1) is 0 Å². The van der Waals surface area contributed by atoms with E-state index in [2.05, 4.69) is 19.7 Å². The third kappa shape index (κ3) is 5.63. The van der Waals surface area contributed by atoms with Crippen LogP contribution in [0.15, 0.2) is 27.9 Å². The summed E-state index contributed by atoms with van der Waals surface area (Å²) in [6.07, 6.45) is 4.61. The summed E-state index contributed by atoms with van der Waals surface area (Å²) in [5.74, 6) is 0.718. The quantitative estimate of drug-likeness (QED) is 0.402. The minimum absolute atomic E-state index is 0.0948. The average Bonchev–Trinajstić information content (AvgIpc) is 3.45. The molecule has 0 aliphatic carbocycles. The molecule has 1 atom stereocenters. The molecular formula is C25H36N6O4S. The Morgan fingerprint density at radius 2 is 1.94 bits per heavy atom. The van der Waals surface area contributed by atoms with Gasteiger partial charge in [0.25, 0.3) is 5.56 Å². The summed E-state index contributed by atoms with van der Waals surface area (Å²) in [6.45, 7) is 9.01. The number of benzene rings is 1. The van der Waals surface area contributed by atoms with Crippen molar-refractivity contribution in [1.29, 1.82) is 0 Å². The highest BCUT2D eigenvalue weighted by molar-refractivity contribution is 7.89. The highest BCUT2D eigenvalue weighted by Crippen LogP contribution is 2.31. The lowest BCUT2D eigenvalue weighted by atomic mass is 10.1. The minimum Gasteiger partial charge on any atom is -0.493 e. The third-order valence-corrected chi connectivity index (χ3v) is 7.90. The zero-order valence-corrected chi connectivity index (χ0v) is 22.3. The molecule has 0 amide bonds. The van der Waals surface area contributed by atoms with E-state index in [1.807, 2.05) is 20.8 Å². The van der Waals surface area contributed by atoms with Gasteiger partial charge in [0, 0.05) is 19.6 Å². The molecule has 1 aromatic carbocycles. The predicted molar refractivity (Wildman–Crippen MR) is 140 cm³/mol. The number of rotatable bonds is 11. The van der Waals surface area contributed by atoms with Gasteiger partial charge in [-0.1, -0.05) is 20.3 Å². The van der Waals surface area contributed by atoms with Crippen LogP contribution in [0.1, 0.15) is 52.1 Å². The van der Waals surface area contributed by atoms with Gasteiger partial charge in [-0.2, -0.15) is 5.10 Å². The minimum atomic E-state index is -3.80. The SMILES string of the molecule is CCCOc1ccc(S(=O)(=O)NC(C)CN2CCCC2)cc1-c1nc2c(CCC)nn(C)c2c(=O)[nH]1. The lowest BCUT2D eigenvalue weighted by Crippen LogP contribution is -2.41. The molecule has 1 fully saturated rings. The maximum absolute atomic E-state index is 13.3. The molecule has 196 valence electrons. The molecule has 0 radical (unpaired) electrons. The van der Waals surface area contributed by atoms with Crippen LogP contribution in [0.4, 0.5) is 0 Å². The van der Waals surface area contributed by atoms with Gasteiger partial charge in [0.2, 0.25) is 10.0 Å². The van der Waals surface area contributed by atoms with E-state index in [-0.39, 0.29) is 22.3 Å². The van der Waals surface area contributed by atoms with E-state index in [0.29, 0.717) is 41.9 Å². The van der Waals surface area contributed by atoms with Crippen molar-refractivity contribution in [2.24, 2.45) is 7.05 Å². The van der Waals surface area contributed by atoms with Gasteiger partial charge >= 0.3 is 0 Å². The summed E-state index contributed by atoms with van der Waals surface area (Å²) < 4.78 is 36.8. The summed E-state index contributed by atoms with van der Waals surface area (Å²) in [5, 5.41) is 4.47. The first kappa shape index (κ1) is 26.3. The van der Waals surface area contributed by atoms with Gasteiger partial charge in [0.1, 0.15) is 17.1 Å². The smallest absolute Gasteiger partial charge is 0.277 e. The highest BCUT2D eigenvalue weighted by Gasteiger charge is 2.24. The van der Waals surface area contributed by atoms with E-state index in [1.165, 1.54) is 16.8 Å². The Morgan fingerprint density at radius 3 is 2.64 bits per heavy atom. The van der Waals surface area contributed by atoms with E-state index < -0.39 is 10.0 Å². The fraction of sp³-hybridized carbons (Fsp3) is 0.560. The molecule has 4 rings (SSSR count). The van der Waals surface area contributed by atoms with Crippen molar-refractivity contribution < 1.29 is 13.2 Å². The van der Waals surface area contributed by atoms with Crippen molar-refractivity contribution in [2.45, 2.75) is 63.8 Å². The second-order valence-corrected chi connectivity index (χ2v) is 11.2. The molecule has 1 aliphatic rings. The van der Waals surface area contributed by atoms with Crippen LogP contribution >= 0.6 is 0 Å². The fourth-order valence-corrected chi connectivity index (χ4v) is 5.96. The van der Waals surface area contributed by atoms with Crippen molar-refractivity contribution in [3.8, 4) is 17.1 Å². The van der Waals surface area contributed by atoms with E-state index in [4.69, 9.17) is 9.72 Å². The number of aromatic amines is 1. The fourth-order valence-electron chi connectivity index (χ4n) is 4.70. The molecule has 2 N–H and O–H groups in total. The van der Waals surface area contributed by atoms with Gasteiger partial charge < -0.3 is 14.6 Å².